The van der Waals surface area contributed by atoms with Gasteiger partial charge in [0, 0.05) is 6.92 Å². The summed E-state index contributed by atoms with van der Waals surface area (Å²) in [6.45, 7) is 1.08. The van der Waals surface area contributed by atoms with Crippen LogP contribution in [0.1, 0.15) is 6.92 Å². The molecule has 0 aromatic heterocycles. The molecule has 0 saturated heterocycles. The summed E-state index contributed by atoms with van der Waals surface area (Å²) in [5.41, 5.74) is 0. The lowest BCUT2D eigenvalue weighted by molar-refractivity contribution is -0.142. The Hall–Kier alpha value is -1.37. The van der Waals surface area contributed by atoms with Crippen molar-refractivity contribution in [2.45, 2.75) is 6.92 Å². The van der Waals surface area contributed by atoms with E-state index in [1.54, 1.807) is 6.07 Å². The molecule has 4 nitrogen and oxygen atoms in total. The van der Waals surface area contributed by atoms with Gasteiger partial charge in [0.15, 0.2) is 0 Å². The van der Waals surface area contributed by atoms with E-state index >= 15 is 0 Å². The summed E-state index contributed by atoms with van der Waals surface area (Å²) in [7, 11) is 0. The molecule has 0 saturated carbocycles. The molecule has 0 aliphatic rings. The zero-order valence-corrected chi connectivity index (χ0v) is 5.53. The molecule has 4 heteroatoms. The third-order valence-corrected chi connectivity index (χ3v) is 0.796. The van der Waals surface area contributed by atoms with Gasteiger partial charge in [-0.2, -0.15) is 5.26 Å². The van der Waals surface area contributed by atoms with Gasteiger partial charge in [0.2, 0.25) is 0 Å². The molecule has 0 rings (SSSR count). The zero-order chi connectivity index (χ0) is 7.98. The van der Waals surface area contributed by atoms with Crippen molar-refractivity contribution in [1.29, 1.82) is 5.26 Å². The molecule has 0 amide bonds. The minimum absolute atomic E-state index is 0.144. The highest BCUT2D eigenvalue weighted by molar-refractivity contribution is 5.66. The monoisotopic (exact) mass is 141 g/mol. The number of nitrogens with zero attached hydrogens (tertiary/aromatic N) is 1. The summed E-state index contributed by atoms with van der Waals surface area (Å²) in [6, 6.07) is 1.66. The van der Waals surface area contributed by atoms with E-state index in [0.29, 0.717) is 6.29 Å². The molecule has 0 fully saturated rings. The lowest BCUT2D eigenvalue weighted by atomic mass is 10.2. The van der Waals surface area contributed by atoms with Crippen molar-refractivity contribution < 1.29 is 14.3 Å². The number of aldehydes is 1. The number of carbonyl (C=O) groups excluding carboxylic acids is 2. The summed E-state index contributed by atoms with van der Waals surface area (Å²) in [4.78, 5) is 20.1. The van der Waals surface area contributed by atoms with Gasteiger partial charge in [0.25, 0.3) is 0 Å². The maximum Gasteiger partial charge on any atom is 0.302 e. The van der Waals surface area contributed by atoms with E-state index in [-0.39, 0.29) is 6.61 Å². The molecular formula is C6H7NO3. The van der Waals surface area contributed by atoms with Crippen molar-refractivity contribution in [3.63, 3.8) is 0 Å². The van der Waals surface area contributed by atoms with Crippen molar-refractivity contribution in [2.75, 3.05) is 6.61 Å². The zero-order valence-electron chi connectivity index (χ0n) is 5.53. The Morgan fingerprint density at radius 1 is 1.90 bits per heavy atom. The van der Waals surface area contributed by atoms with Gasteiger partial charge in [-0.05, 0) is 0 Å². The van der Waals surface area contributed by atoms with Crippen LogP contribution < -0.4 is 0 Å². The van der Waals surface area contributed by atoms with Gasteiger partial charge >= 0.3 is 5.97 Å². The fraction of sp³-hybridized carbons (Fsp3) is 0.500. The lowest BCUT2D eigenvalue weighted by Crippen LogP contribution is -2.11. The lowest BCUT2D eigenvalue weighted by Gasteiger charge is -1.99. The van der Waals surface area contributed by atoms with Crippen molar-refractivity contribution in [3.8, 4) is 6.07 Å². The molecule has 0 radical (unpaired) electrons. The number of hydrogen-bond acceptors (Lipinski definition) is 4. The largest absolute Gasteiger partial charge is 0.464 e. The van der Waals surface area contributed by atoms with Crippen LogP contribution in [0.3, 0.4) is 0 Å². The van der Waals surface area contributed by atoms with Crippen LogP contribution in [0.15, 0.2) is 0 Å². The Bertz CT molecular complexity index is 170. The highest BCUT2D eigenvalue weighted by Crippen LogP contribution is 1.89. The van der Waals surface area contributed by atoms with Crippen LogP contribution in [0.5, 0.6) is 0 Å². The highest BCUT2D eigenvalue weighted by atomic mass is 16.5. The predicted octanol–water partition coefficient (Wildman–Crippen LogP) is -0.112. The number of hydrogen-bond donors (Lipinski definition) is 0. The maximum absolute atomic E-state index is 10.1. The summed E-state index contributed by atoms with van der Waals surface area (Å²) in [5, 5.41) is 8.17. The quantitative estimate of drug-likeness (QED) is 0.406. The van der Waals surface area contributed by atoms with E-state index in [9.17, 15) is 9.59 Å². The van der Waals surface area contributed by atoms with Gasteiger partial charge < -0.3 is 9.53 Å². The van der Waals surface area contributed by atoms with Gasteiger partial charge in [-0.1, -0.05) is 0 Å². The van der Waals surface area contributed by atoms with Crippen LogP contribution >= 0.6 is 0 Å². The average Bonchev–Trinajstić information content (AvgIpc) is 1.90. The van der Waals surface area contributed by atoms with E-state index < -0.39 is 11.9 Å². The molecule has 54 valence electrons. The highest BCUT2D eigenvalue weighted by Gasteiger charge is 2.05. The topological polar surface area (TPSA) is 67.2 Å². The molecule has 0 spiro atoms. The van der Waals surface area contributed by atoms with E-state index in [1.807, 2.05) is 0 Å². The number of nitriles is 1. The Balaban J connectivity index is 3.57. The predicted molar refractivity (Wildman–Crippen MR) is 31.8 cm³/mol. The van der Waals surface area contributed by atoms with Crippen LogP contribution in [-0.4, -0.2) is 18.9 Å². The van der Waals surface area contributed by atoms with Gasteiger partial charge in [0.1, 0.15) is 18.8 Å². The smallest absolute Gasteiger partial charge is 0.302 e. The standard InChI is InChI=1S/C6H7NO3/c1-5(9)10-4-6(2-7)3-8/h3,6H,4H2,1H3. The second-order valence-electron chi connectivity index (χ2n) is 1.67. The molecule has 10 heavy (non-hydrogen) atoms. The molecule has 0 aliphatic carbocycles. The van der Waals surface area contributed by atoms with Crippen LogP contribution in [0.25, 0.3) is 0 Å². The first-order valence-electron chi connectivity index (χ1n) is 2.69. The molecule has 1 unspecified atom stereocenters. The maximum atomic E-state index is 10.1. The van der Waals surface area contributed by atoms with E-state index in [1.165, 1.54) is 6.92 Å². The Labute approximate surface area is 58.4 Å². The number of rotatable bonds is 3. The molecule has 0 aliphatic heterocycles. The number of carbonyl (C=O) groups is 2. The fourth-order valence-electron chi connectivity index (χ4n) is 0.314. The minimum Gasteiger partial charge on any atom is -0.464 e. The molecule has 0 heterocycles. The van der Waals surface area contributed by atoms with E-state index in [2.05, 4.69) is 4.74 Å². The van der Waals surface area contributed by atoms with Gasteiger partial charge in [-0.3, -0.25) is 4.79 Å². The first kappa shape index (κ1) is 8.63. The van der Waals surface area contributed by atoms with Crippen LogP contribution in [-0.2, 0) is 14.3 Å². The molecule has 0 bridgehead atoms. The molecule has 0 aromatic carbocycles. The minimum atomic E-state index is -0.830. The third kappa shape index (κ3) is 3.61. The second kappa shape index (κ2) is 4.50. The Morgan fingerprint density at radius 2 is 2.50 bits per heavy atom. The SMILES string of the molecule is CC(=O)OCC(C#N)C=O. The normalized spacial score (nSPS) is 11.2. The van der Waals surface area contributed by atoms with Crippen molar-refractivity contribution in [2.24, 2.45) is 5.92 Å². The number of esters is 1. The molecular weight excluding hydrogens is 134 g/mol. The first-order chi connectivity index (χ1) is 4.70. The summed E-state index contributed by atoms with van der Waals surface area (Å²) < 4.78 is 4.39. The van der Waals surface area contributed by atoms with Crippen LogP contribution in [0.4, 0.5) is 0 Å². The van der Waals surface area contributed by atoms with Crippen molar-refractivity contribution >= 4 is 12.3 Å². The Morgan fingerprint density at radius 3 is 2.80 bits per heavy atom. The Kier molecular flexibility index (Phi) is 3.89. The summed E-state index contributed by atoms with van der Waals surface area (Å²) >= 11 is 0. The van der Waals surface area contributed by atoms with Crippen molar-refractivity contribution in [1.82, 2.24) is 0 Å². The van der Waals surface area contributed by atoms with Crippen molar-refractivity contribution in [3.05, 3.63) is 0 Å². The van der Waals surface area contributed by atoms with Crippen LogP contribution in [0, 0.1) is 17.2 Å². The fourth-order valence-corrected chi connectivity index (χ4v) is 0.314. The molecule has 0 N–H and O–H groups in total. The summed E-state index contributed by atoms with van der Waals surface area (Å²) in [5.74, 6) is -1.31. The molecule has 0 aromatic rings. The van der Waals surface area contributed by atoms with Gasteiger partial charge in [-0.25, -0.2) is 0 Å². The van der Waals surface area contributed by atoms with Gasteiger partial charge in [0.05, 0.1) is 6.07 Å². The average molecular weight is 141 g/mol. The van der Waals surface area contributed by atoms with E-state index in [4.69, 9.17) is 5.26 Å². The second-order valence-corrected chi connectivity index (χ2v) is 1.67. The van der Waals surface area contributed by atoms with Crippen LogP contribution in [0.2, 0.25) is 0 Å². The van der Waals surface area contributed by atoms with E-state index in [0.717, 1.165) is 0 Å². The van der Waals surface area contributed by atoms with Gasteiger partial charge in [-0.15, -0.1) is 0 Å². The molecule has 1 atom stereocenters. The first-order valence-corrected chi connectivity index (χ1v) is 2.69. The third-order valence-electron chi connectivity index (χ3n) is 0.796. The number of ether oxygens (including phenoxy) is 1. The summed E-state index contributed by atoms with van der Waals surface area (Å²) in [6.07, 6.45) is 0.447.